The molecule has 6 heteroatoms. The van der Waals surface area contributed by atoms with Crippen LogP contribution in [0.25, 0.3) is 0 Å². The highest BCUT2D eigenvalue weighted by atomic mass is 19.1. The average Bonchev–Trinajstić information content (AvgIpc) is 2.85. The van der Waals surface area contributed by atoms with Crippen molar-refractivity contribution >= 4 is 11.9 Å². The van der Waals surface area contributed by atoms with Gasteiger partial charge in [0, 0.05) is 17.5 Å². The first-order valence-electron chi connectivity index (χ1n) is 7.53. The smallest absolute Gasteiger partial charge is 0.311 e. The van der Waals surface area contributed by atoms with Gasteiger partial charge in [0.25, 0.3) is 5.91 Å². The maximum atomic E-state index is 13.4. The Hall–Kier alpha value is -2.63. The molecule has 128 valence electrons. The van der Waals surface area contributed by atoms with Gasteiger partial charge in [-0.2, -0.15) is 0 Å². The Kier molecular flexibility index (Phi) is 5.07. The highest BCUT2D eigenvalue weighted by Crippen LogP contribution is 2.24. The summed E-state index contributed by atoms with van der Waals surface area (Å²) in [6, 6.07) is 6.23. The number of hydrogen-bond donors (Lipinski definition) is 2. The van der Waals surface area contributed by atoms with Crippen molar-refractivity contribution in [3.05, 3.63) is 58.8 Å². The molecule has 0 bridgehead atoms. The molecular weight excluding hydrogens is 313 g/mol. The molecule has 2 N–H and O–H groups in total. The largest absolute Gasteiger partial charge is 0.481 e. The summed E-state index contributed by atoms with van der Waals surface area (Å²) < 4.78 is 18.6. The molecule has 0 aliphatic heterocycles. The summed E-state index contributed by atoms with van der Waals surface area (Å²) in [5, 5.41) is 11.7. The molecule has 1 aromatic carbocycles. The normalized spacial score (nSPS) is 11.3. The summed E-state index contributed by atoms with van der Waals surface area (Å²) in [5.41, 5.74) is 1.10. The van der Waals surface area contributed by atoms with E-state index in [2.05, 4.69) is 5.32 Å². The van der Waals surface area contributed by atoms with E-state index in [9.17, 15) is 14.0 Å². The highest BCUT2D eigenvalue weighted by molar-refractivity contribution is 5.97. The maximum absolute atomic E-state index is 13.4. The fraction of sp³-hybridized carbons (Fsp3) is 0.333. The van der Waals surface area contributed by atoms with Crippen molar-refractivity contribution in [2.75, 3.05) is 6.54 Å². The number of halogens is 1. The Morgan fingerprint density at radius 2 is 2.04 bits per heavy atom. The van der Waals surface area contributed by atoms with E-state index in [1.165, 1.54) is 18.4 Å². The first-order valence-corrected chi connectivity index (χ1v) is 7.53. The second-order valence-corrected chi connectivity index (χ2v) is 6.36. The Morgan fingerprint density at radius 3 is 2.67 bits per heavy atom. The molecule has 0 saturated heterocycles. The van der Waals surface area contributed by atoms with Gasteiger partial charge in [-0.25, -0.2) is 4.39 Å². The van der Waals surface area contributed by atoms with Gasteiger partial charge in [0.1, 0.15) is 18.0 Å². The molecule has 0 unspecified atom stereocenters. The van der Waals surface area contributed by atoms with Gasteiger partial charge in [-0.3, -0.25) is 9.59 Å². The van der Waals surface area contributed by atoms with Crippen LogP contribution in [0, 0.1) is 12.7 Å². The molecule has 1 heterocycles. The number of amides is 1. The molecule has 2 rings (SSSR count). The van der Waals surface area contributed by atoms with Gasteiger partial charge in [-0.1, -0.05) is 26.0 Å². The third kappa shape index (κ3) is 4.01. The number of carboxylic acids is 1. The van der Waals surface area contributed by atoms with Gasteiger partial charge >= 0.3 is 5.97 Å². The first-order chi connectivity index (χ1) is 11.2. The van der Waals surface area contributed by atoms with Crippen LogP contribution in [0.4, 0.5) is 4.39 Å². The van der Waals surface area contributed by atoms with Crippen molar-refractivity contribution in [2.45, 2.75) is 32.6 Å². The SMILES string of the molecule is Cc1coc(CC(=O)O)c1C(=O)NCC(C)(C)c1cccc(F)c1. The van der Waals surface area contributed by atoms with Gasteiger partial charge in [0.05, 0.1) is 11.8 Å². The van der Waals surface area contributed by atoms with E-state index in [-0.39, 0.29) is 30.1 Å². The molecule has 0 spiro atoms. The summed E-state index contributed by atoms with van der Waals surface area (Å²) in [7, 11) is 0. The molecular formula is C18H20FNO4. The number of rotatable bonds is 6. The zero-order chi connectivity index (χ0) is 17.9. The molecule has 2 aromatic rings. The minimum atomic E-state index is -1.07. The highest BCUT2D eigenvalue weighted by Gasteiger charge is 2.25. The second-order valence-electron chi connectivity index (χ2n) is 6.36. The van der Waals surface area contributed by atoms with Crippen molar-refractivity contribution < 1.29 is 23.5 Å². The second kappa shape index (κ2) is 6.86. The molecule has 5 nitrogen and oxygen atoms in total. The first kappa shape index (κ1) is 17.7. The fourth-order valence-corrected chi connectivity index (χ4v) is 2.47. The number of aliphatic carboxylic acids is 1. The lowest BCUT2D eigenvalue weighted by Gasteiger charge is -2.25. The molecule has 0 saturated carbocycles. The standard InChI is InChI=1S/C18H20FNO4/c1-11-9-24-14(8-15(21)22)16(11)17(23)20-10-18(2,3)12-5-4-6-13(19)7-12/h4-7,9H,8,10H2,1-3H3,(H,20,23)(H,21,22). The zero-order valence-electron chi connectivity index (χ0n) is 13.9. The minimum absolute atomic E-state index is 0.126. The number of carbonyl (C=O) groups is 2. The molecule has 0 aliphatic carbocycles. The van der Waals surface area contributed by atoms with E-state index in [1.807, 2.05) is 13.8 Å². The maximum Gasteiger partial charge on any atom is 0.311 e. The average molecular weight is 333 g/mol. The Bertz CT molecular complexity index is 764. The summed E-state index contributed by atoms with van der Waals surface area (Å²) in [6.07, 6.45) is 1.01. The van der Waals surface area contributed by atoms with Crippen molar-refractivity contribution in [1.82, 2.24) is 5.32 Å². The molecule has 24 heavy (non-hydrogen) atoms. The van der Waals surface area contributed by atoms with Gasteiger partial charge in [-0.15, -0.1) is 0 Å². The van der Waals surface area contributed by atoms with E-state index in [4.69, 9.17) is 9.52 Å². The Morgan fingerprint density at radius 1 is 1.33 bits per heavy atom. The van der Waals surface area contributed by atoms with E-state index in [0.717, 1.165) is 5.56 Å². The van der Waals surface area contributed by atoms with Gasteiger partial charge in [0.15, 0.2) is 0 Å². The number of carbonyl (C=O) groups excluding carboxylic acids is 1. The number of aryl methyl sites for hydroxylation is 1. The molecule has 0 fully saturated rings. The zero-order valence-corrected chi connectivity index (χ0v) is 13.9. The molecule has 0 atom stereocenters. The summed E-state index contributed by atoms with van der Waals surface area (Å²) in [4.78, 5) is 23.3. The number of nitrogens with one attached hydrogen (secondary N) is 1. The lowest BCUT2D eigenvalue weighted by Crippen LogP contribution is -2.37. The number of hydrogen-bond acceptors (Lipinski definition) is 3. The van der Waals surface area contributed by atoms with Crippen molar-refractivity contribution in [2.24, 2.45) is 0 Å². The Labute approximate surface area is 139 Å². The van der Waals surface area contributed by atoms with Gasteiger partial charge in [0.2, 0.25) is 0 Å². The quantitative estimate of drug-likeness (QED) is 0.851. The third-order valence-corrected chi connectivity index (χ3v) is 3.89. The minimum Gasteiger partial charge on any atom is -0.481 e. The Balaban J connectivity index is 2.13. The van der Waals surface area contributed by atoms with Crippen LogP contribution in [0.3, 0.4) is 0 Å². The predicted molar refractivity (Wildman–Crippen MR) is 86.5 cm³/mol. The fourth-order valence-electron chi connectivity index (χ4n) is 2.47. The van der Waals surface area contributed by atoms with Crippen LogP contribution < -0.4 is 5.32 Å². The number of furan rings is 1. The molecule has 1 amide bonds. The van der Waals surface area contributed by atoms with Crippen LogP contribution in [0.2, 0.25) is 0 Å². The summed E-state index contributed by atoms with van der Waals surface area (Å²) in [6.45, 7) is 5.73. The van der Waals surface area contributed by atoms with E-state index < -0.39 is 17.3 Å². The third-order valence-electron chi connectivity index (χ3n) is 3.89. The van der Waals surface area contributed by atoms with Crippen molar-refractivity contribution in [3.63, 3.8) is 0 Å². The molecule has 0 radical (unpaired) electrons. The monoisotopic (exact) mass is 333 g/mol. The summed E-state index contributed by atoms with van der Waals surface area (Å²) >= 11 is 0. The van der Waals surface area contributed by atoms with Crippen LogP contribution in [-0.2, 0) is 16.6 Å². The van der Waals surface area contributed by atoms with E-state index in [0.29, 0.717) is 5.56 Å². The van der Waals surface area contributed by atoms with Crippen LogP contribution in [0.1, 0.15) is 41.1 Å². The van der Waals surface area contributed by atoms with Gasteiger partial charge in [-0.05, 0) is 24.6 Å². The van der Waals surface area contributed by atoms with Crippen LogP contribution in [-0.4, -0.2) is 23.5 Å². The van der Waals surface area contributed by atoms with Crippen LogP contribution in [0.5, 0.6) is 0 Å². The topological polar surface area (TPSA) is 79.5 Å². The molecule has 1 aromatic heterocycles. The van der Waals surface area contributed by atoms with Crippen molar-refractivity contribution in [1.29, 1.82) is 0 Å². The van der Waals surface area contributed by atoms with Crippen LogP contribution >= 0.6 is 0 Å². The van der Waals surface area contributed by atoms with E-state index in [1.54, 1.807) is 19.1 Å². The van der Waals surface area contributed by atoms with Gasteiger partial charge < -0.3 is 14.8 Å². The predicted octanol–water partition coefficient (Wildman–Crippen LogP) is 3.06. The molecule has 0 aliphatic rings. The summed E-state index contributed by atoms with van der Waals surface area (Å²) in [5.74, 6) is -1.68. The van der Waals surface area contributed by atoms with E-state index >= 15 is 0 Å². The lowest BCUT2D eigenvalue weighted by molar-refractivity contribution is -0.136. The van der Waals surface area contributed by atoms with Crippen molar-refractivity contribution in [3.8, 4) is 0 Å². The van der Waals surface area contributed by atoms with Crippen LogP contribution in [0.15, 0.2) is 34.9 Å². The lowest BCUT2D eigenvalue weighted by atomic mass is 9.84. The number of carboxylic acid groups (broad SMARTS) is 1. The number of benzene rings is 1.